The fourth-order valence-electron chi connectivity index (χ4n) is 2.79. The van der Waals surface area contributed by atoms with Crippen molar-refractivity contribution in [1.82, 2.24) is 10.1 Å². The lowest BCUT2D eigenvalue weighted by molar-refractivity contribution is 0.100. The number of benzene rings is 1. The largest absolute Gasteiger partial charge is 0.490 e. The van der Waals surface area contributed by atoms with Crippen molar-refractivity contribution < 1.29 is 9.26 Å². The molecule has 4 nitrogen and oxygen atoms in total. The van der Waals surface area contributed by atoms with Crippen LogP contribution in [-0.2, 0) is 6.42 Å². The summed E-state index contributed by atoms with van der Waals surface area (Å²) < 4.78 is 11.3. The van der Waals surface area contributed by atoms with Crippen molar-refractivity contribution in [2.75, 3.05) is 19.6 Å². The highest BCUT2D eigenvalue weighted by molar-refractivity contribution is 6.30. The van der Waals surface area contributed by atoms with Gasteiger partial charge in [0.15, 0.2) is 0 Å². The monoisotopic (exact) mass is 320 g/mol. The number of halogens is 1. The molecule has 0 bridgehead atoms. The first-order valence-electron chi connectivity index (χ1n) is 7.76. The van der Waals surface area contributed by atoms with Gasteiger partial charge in [-0.05, 0) is 38.0 Å². The zero-order valence-corrected chi connectivity index (χ0v) is 13.6. The zero-order valence-electron chi connectivity index (χ0n) is 12.8. The van der Waals surface area contributed by atoms with Gasteiger partial charge in [-0.3, -0.25) is 0 Å². The van der Waals surface area contributed by atoms with Crippen LogP contribution in [0.25, 0.3) is 0 Å². The highest BCUT2D eigenvalue weighted by Crippen LogP contribution is 2.22. The maximum Gasteiger partial charge on any atom is 0.138 e. The molecule has 0 aliphatic carbocycles. The molecule has 0 radical (unpaired) electrons. The number of aryl methyl sites for hydroxylation is 1. The summed E-state index contributed by atoms with van der Waals surface area (Å²) in [5.41, 5.74) is 0.948. The smallest absolute Gasteiger partial charge is 0.138 e. The number of aromatic nitrogens is 1. The van der Waals surface area contributed by atoms with Crippen LogP contribution in [0.5, 0.6) is 5.75 Å². The Labute approximate surface area is 136 Å². The Hall–Kier alpha value is -1.52. The summed E-state index contributed by atoms with van der Waals surface area (Å²) in [6.07, 6.45) is 3.28. The van der Waals surface area contributed by atoms with E-state index >= 15 is 0 Å². The second-order valence-corrected chi connectivity index (χ2v) is 6.24. The van der Waals surface area contributed by atoms with Gasteiger partial charge in [0.2, 0.25) is 0 Å². The Balaban J connectivity index is 1.42. The molecule has 0 amide bonds. The minimum Gasteiger partial charge on any atom is -0.490 e. The van der Waals surface area contributed by atoms with E-state index in [1.54, 1.807) is 0 Å². The van der Waals surface area contributed by atoms with E-state index in [0.717, 1.165) is 61.1 Å². The number of nitrogens with zero attached hydrogens (tertiary/aromatic N) is 2. The van der Waals surface area contributed by atoms with Crippen LogP contribution in [0.2, 0.25) is 5.02 Å². The van der Waals surface area contributed by atoms with Gasteiger partial charge in [0.05, 0.1) is 5.69 Å². The van der Waals surface area contributed by atoms with Gasteiger partial charge >= 0.3 is 0 Å². The Morgan fingerprint density at radius 1 is 1.32 bits per heavy atom. The predicted octanol–water partition coefficient (Wildman–Crippen LogP) is 3.72. The van der Waals surface area contributed by atoms with Crippen LogP contribution < -0.4 is 4.74 Å². The third kappa shape index (κ3) is 4.24. The Morgan fingerprint density at radius 2 is 2.14 bits per heavy atom. The maximum atomic E-state index is 6.01. The number of hydrogen-bond acceptors (Lipinski definition) is 4. The van der Waals surface area contributed by atoms with Gasteiger partial charge in [-0.15, -0.1) is 0 Å². The summed E-state index contributed by atoms with van der Waals surface area (Å²) in [6, 6.07) is 9.63. The van der Waals surface area contributed by atoms with E-state index in [2.05, 4.69) is 10.1 Å². The average Bonchev–Trinajstić information content (AvgIpc) is 2.92. The second-order valence-electron chi connectivity index (χ2n) is 5.80. The molecule has 0 N–H and O–H groups in total. The van der Waals surface area contributed by atoms with E-state index in [1.165, 1.54) is 0 Å². The number of hydrogen-bond donors (Lipinski definition) is 0. The van der Waals surface area contributed by atoms with Crippen LogP contribution in [0, 0.1) is 6.92 Å². The number of piperidine rings is 1. The van der Waals surface area contributed by atoms with Crippen molar-refractivity contribution in [3.8, 4) is 5.75 Å². The quantitative estimate of drug-likeness (QED) is 0.841. The van der Waals surface area contributed by atoms with Gasteiger partial charge in [0, 0.05) is 37.1 Å². The normalized spacial score (nSPS) is 16.8. The summed E-state index contributed by atoms with van der Waals surface area (Å²) in [7, 11) is 0. The fraction of sp³-hybridized carbons (Fsp3) is 0.471. The number of rotatable bonds is 5. The van der Waals surface area contributed by atoms with E-state index < -0.39 is 0 Å². The Morgan fingerprint density at radius 3 is 2.82 bits per heavy atom. The first-order valence-corrected chi connectivity index (χ1v) is 8.13. The van der Waals surface area contributed by atoms with Gasteiger partial charge < -0.3 is 14.2 Å². The summed E-state index contributed by atoms with van der Waals surface area (Å²) in [6.45, 7) is 5.07. The lowest BCUT2D eigenvalue weighted by Gasteiger charge is -2.31. The molecule has 22 heavy (non-hydrogen) atoms. The number of ether oxygens (including phenoxy) is 1. The molecule has 0 atom stereocenters. The van der Waals surface area contributed by atoms with E-state index in [9.17, 15) is 0 Å². The SMILES string of the molecule is Cc1cc(CCN2CCC(Oc3cccc(Cl)c3)CC2)on1. The molecule has 5 heteroatoms. The zero-order chi connectivity index (χ0) is 15.4. The fourth-order valence-corrected chi connectivity index (χ4v) is 2.97. The van der Waals surface area contributed by atoms with Crippen LogP contribution in [0.1, 0.15) is 24.3 Å². The topological polar surface area (TPSA) is 38.5 Å². The molecular weight excluding hydrogens is 300 g/mol. The second kappa shape index (κ2) is 7.16. The molecule has 0 saturated carbocycles. The van der Waals surface area contributed by atoms with Crippen LogP contribution in [0.4, 0.5) is 0 Å². The van der Waals surface area contributed by atoms with Crippen LogP contribution in [-0.4, -0.2) is 35.8 Å². The molecule has 1 aromatic heterocycles. The molecule has 3 rings (SSSR count). The van der Waals surface area contributed by atoms with E-state index in [1.807, 2.05) is 37.3 Å². The van der Waals surface area contributed by atoms with Crippen molar-refractivity contribution in [2.24, 2.45) is 0 Å². The summed E-state index contributed by atoms with van der Waals surface area (Å²) >= 11 is 5.98. The molecule has 1 aliphatic heterocycles. The van der Waals surface area contributed by atoms with Gasteiger partial charge in [-0.25, -0.2) is 0 Å². The van der Waals surface area contributed by atoms with Crippen molar-refractivity contribution in [1.29, 1.82) is 0 Å². The first-order chi connectivity index (χ1) is 10.7. The minimum absolute atomic E-state index is 0.280. The van der Waals surface area contributed by atoms with Crippen LogP contribution >= 0.6 is 11.6 Å². The lowest BCUT2D eigenvalue weighted by atomic mass is 10.1. The molecule has 1 saturated heterocycles. The third-order valence-corrected chi connectivity index (χ3v) is 4.22. The van der Waals surface area contributed by atoms with Crippen molar-refractivity contribution in [2.45, 2.75) is 32.3 Å². The molecule has 0 unspecified atom stereocenters. The summed E-state index contributed by atoms with van der Waals surface area (Å²) in [5.74, 6) is 1.83. The summed E-state index contributed by atoms with van der Waals surface area (Å²) in [5, 5.41) is 4.64. The highest BCUT2D eigenvalue weighted by atomic mass is 35.5. The third-order valence-electron chi connectivity index (χ3n) is 3.98. The van der Waals surface area contributed by atoms with Crippen LogP contribution in [0.3, 0.4) is 0 Å². The van der Waals surface area contributed by atoms with Crippen molar-refractivity contribution in [3.05, 3.63) is 46.8 Å². The predicted molar refractivity (Wildman–Crippen MR) is 86.5 cm³/mol. The molecular formula is C17H21ClN2O2. The molecule has 1 aliphatic rings. The van der Waals surface area contributed by atoms with Gasteiger partial charge in [0.25, 0.3) is 0 Å². The molecule has 118 valence electrons. The standard InChI is InChI=1S/C17H21ClN2O2/c1-13-11-17(22-19-13)7-10-20-8-5-15(6-9-20)21-16-4-2-3-14(18)12-16/h2-4,11-12,15H,5-10H2,1H3. The van der Waals surface area contributed by atoms with Crippen molar-refractivity contribution >= 4 is 11.6 Å². The van der Waals surface area contributed by atoms with E-state index in [4.69, 9.17) is 20.9 Å². The van der Waals surface area contributed by atoms with E-state index in [-0.39, 0.29) is 6.10 Å². The van der Waals surface area contributed by atoms with E-state index in [0.29, 0.717) is 0 Å². The number of likely N-dealkylation sites (tertiary alicyclic amines) is 1. The maximum absolute atomic E-state index is 6.01. The van der Waals surface area contributed by atoms with Gasteiger partial charge in [-0.1, -0.05) is 22.8 Å². The summed E-state index contributed by atoms with van der Waals surface area (Å²) in [4.78, 5) is 2.45. The van der Waals surface area contributed by atoms with Crippen molar-refractivity contribution in [3.63, 3.8) is 0 Å². The molecule has 1 fully saturated rings. The van der Waals surface area contributed by atoms with Gasteiger partial charge in [0.1, 0.15) is 17.6 Å². The Bertz CT molecular complexity index is 606. The van der Waals surface area contributed by atoms with Crippen LogP contribution in [0.15, 0.2) is 34.9 Å². The Kier molecular flexibility index (Phi) is 5.01. The molecule has 0 spiro atoms. The molecule has 2 heterocycles. The molecule has 1 aromatic carbocycles. The highest BCUT2D eigenvalue weighted by Gasteiger charge is 2.20. The average molecular weight is 321 g/mol. The van der Waals surface area contributed by atoms with Gasteiger partial charge in [-0.2, -0.15) is 0 Å². The first kappa shape index (κ1) is 15.4. The molecule has 2 aromatic rings. The minimum atomic E-state index is 0.280. The lowest BCUT2D eigenvalue weighted by Crippen LogP contribution is -2.39.